The first-order chi connectivity index (χ1) is 20.6. The maximum atomic E-state index is 14.4. The van der Waals surface area contributed by atoms with E-state index in [0.717, 1.165) is 27.8 Å². The van der Waals surface area contributed by atoms with E-state index in [4.69, 9.17) is 14.2 Å². The summed E-state index contributed by atoms with van der Waals surface area (Å²) in [4.78, 5) is 34.1. The molecule has 1 aliphatic heterocycles. The second kappa shape index (κ2) is 12.3. The molecule has 0 spiro atoms. The summed E-state index contributed by atoms with van der Waals surface area (Å²) in [5.74, 6) is 0.596. The predicted molar refractivity (Wildman–Crippen MR) is 165 cm³/mol. The number of nitrogens with zero attached hydrogens (tertiary/aromatic N) is 2. The van der Waals surface area contributed by atoms with Crippen molar-refractivity contribution < 1.29 is 23.8 Å². The van der Waals surface area contributed by atoms with Crippen molar-refractivity contribution in [1.29, 1.82) is 0 Å². The Morgan fingerprint density at radius 1 is 0.907 bits per heavy atom. The summed E-state index contributed by atoms with van der Waals surface area (Å²) in [7, 11) is 2.99. The lowest BCUT2D eigenvalue weighted by Gasteiger charge is -2.46. The van der Waals surface area contributed by atoms with Gasteiger partial charge in [0.15, 0.2) is 0 Å². The Bertz CT molecular complexity index is 1600. The molecule has 0 saturated carbocycles. The first-order valence-corrected chi connectivity index (χ1v) is 14.4. The van der Waals surface area contributed by atoms with Gasteiger partial charge in [0.25, 0.3) is 5.91 Å². The maximum absolute atomic E-state index is 14.4. The molecule has 1 atom stereocenters. The first kappa shape index (κ1) is 29.8. The highest BCUT2D eigenvalue weighted by Crippen LogP contribution is 2.39. The van der Waals surface area contributed by atoms with E-state index in [1.54, 1.807) is 30.5 Å². The molecule has 0 bridgehead atoms. The molecule has 0 radical (unpaired) electrons. The minimum Gasteiger partial charge on any atom is -0.496 e. The fourth-order valence-electron chi connectivity index (χ4n) is 5.80. The van der Waals surface area contributed by atoms with E-state index >= 15 is 0 Å². The van der Waals surface area contributed by atoms with Crippen molar-refractivity contribution in [2.45, 2.75) is 57.7 Å². The third-order valence-corrected chi connectivity index (χ3v) is 8.04. The fourth-order valence-corrected chi connectivity index (χ4v) is 5.80. The second-order valence-corrected chi connectivity index (χ2v) is 12.0. The number of rotatable bonds is 8. The van der Waals surface area contributed by atoms with Crippen LogP contribution in [0.4, 0.5) is 0 Å². The van der Waals surface area contributed by atoms with E-state index in [1.807, 2.05) is 72.8 Å². The number of hydrogen-bond donors (Lipinski definition) is 0. The molecule has 43 heavy (non-hydrogen) atoms. The maximum Gasteiger partial charge on any atom is 0.332 e. The van der Waals surface area contributed by atoms with Crippen molar-refractivity contribution in [3.8, 4) is 11.5 Å². The number of pyridine rings is 1. The zero-order valence-corrected chi connectivity index (χ0v) is 25.4. The van der Waals surface area contributed by atoms with Crippen LogP contribution in [0, 0.1) is 0 Å². The van der Waals surface area contributed by atoms with Crippen LogP contribution >= 0.6 is 0 Å². The number of carbonyl (C=O) groups is 2. The van der Waals surface area contributed by atoms with Gasteiger partial charge in [0.2, 0.25) is 0 Å². The van der Waals surface area contributed by atoms with Gasteiger partial charge in [-0.2, -0.15) is 0 Å². The van der Waals surface area contributed by atoms with Crippen LogP contribution in [0.2, 0.25) is 0 Å². The molecule has 7 nitrogen and oxygen atoms in total. The average molecular weight is 579 g/mol. The first-order valence-electron chi connectivity index (χ1n) is 14.4. The summed E-state index contributed by atoms with van der Waals surface area (Å²) in [5.41, 5.74) is 3.78. The average Bonchev–Trinajstić information content (AvgIpc) is 3.02. The van der Waals surface area contributed by atoms with Gasteiger partial charge in [0, 0.05) is 42.9 Å². The molecule has 0 aliphatic carbocycles. The number of esters is 1. The highest BCUT2D eigenvalue weighted by atomic mass is 16.5. The molecular weight excluding hydrogens is 540 g/mol. The van der Waals surface area contributed by atoms with Gasteiger partial charge in [-0.3, -0.25) is 9.78 Å². The standard InChI is InChI=1S/C36H38N2O5/c1-35(2,3)31-16-14-27(19-32(31)41-4)33(39)38-23-28-13-15-30(43-24-26-12-9-17-37-22-26)18-29(28)21-36(38,34(40)42-5)20-25-10-7-6-8-11-25/h6-19,22H,20-21,23-24H2,1-5H3. The molecule has 0 saturated heterocycles. The van der Waals surface area contributed by atoms with E-state index in [0.29, 0.717) is 30.1 Å². The number of fused-ring (bicyclic) bond motifs is 1. The normalized spacial score (nSPS) is 16.3. The van der Waals surface area contributed by atoms with Crippen molar-refractivity contribution in [3.05, 3.63) is 125 Å². The summed E-state index contributed by atoms with van der Waals surface area (Å²) < 4.78 is 17.2. The van der Waals surface area contributed by atoms with Crippen molar-refractivity contribution in [2.75, 3.05) is 14.2 Å². The summed E-state index contributed by atoms with van der Waals surface area (Å²) in [6.45, 7) is 6.92. The molecule has 3 aromatic carbocycles. The third-order valence-electron chi connectivity index (χ3n) is 8.04. The molecule has 222 valence electrons. The SMILES string of the molecule is COC(=O)C1(Cc2ccccc2)Cc2cc(OCc3cccnc3)ccc2CN1C(=O)c1ccc(C(C)(C)C)c(OC)c1. The molecule has 5 rings (SSSR count). The molecule has 1 aromatic heterocycles. The van der Waals surface area contributed by atoms with Gasteiger partial charge in [-0.15, -0.1) is 0 Å². The number of aromatic nitrogens is 1. The van der Waals surface area contributed by atoms with Crippen molar-refractivity contribution >= 4 is 11.9 Å². The van der Waals surface area contributed by atoms with Gasteiger partial charge in [-0.05, 0) is 58.0 Å². The van der Waals surface area contributed by atoms with Gasteiger partial charge >= 0.3 is 5.97 Å². The van der Waals surface area contributed by atoms with Crippen molar-refractivity contribution in [1.82, 2.24) is 9.88 Å². The molecule has 4 aromatic rings. The van der Waals surface area contributed by atoms with Crippen LogP contribution in [-0.4, -0.2) is 41.5 Å². The summed E-state index contributed by atoms with van der Waals surface area (Å²) in [6.07, 6.45) is 4.07. The van der Waals surface area contributed by atoms with E-state index in [2.05, 4.69) is 25.8 Å². The molecule has 0 fully saturated rings. The number of methoxy groups -OCH3 is 2. The monoisotopic (exact) mass is 578 g/mol. The smallest absolute Gasteiger partial charge is 0.332 e. The summed E-state index contributed by atoms with van der Waals surface area (Å²) in [6, 6.07) is 25.0. The van der Waals surface area contributed by atoms with Crippen LogP contribution < -0.4 is 9.47 Å². The zero-order chi connectivity index (χ0) is 30.6. The summed E-state index contributed by atoms with van der Waals surface area (Å²) >= 11 is 0. The summed E-state index contributed by atoms with van der Waals surface area (Å²) in [5, 5.41) is 0. The van der Waals surface area contributed by atoms with Crippen LogP contribution in [0.3, 0.4) is 0 Å². The number of amides is 1. The molecule has 2 heterocycles. The molecule has 1 aliphatic rings. The van der Waals surface area contributed by atoms with Gasteiger partial charge in [0.1, 0.15) is 23.6 Å². The van der Waals surface area contributed by atoms with Gasteiger partial charge in [0.05, 0.1) is 14.2 Å². The minimum absolute atomic E-state index is 0.170. The van der Waals surface area contributed by atoms with E-state index in [9.17, 15) is 9.59 Å². The van der Waals surface area contributed by atoms with E-state index in [1.165, 1.54) is 7.11 Å². The lowest BCUT2D eigenvalue weighted by molar-refractivity contribution is -0.154. The van der Waals surface area contributed by atoms with Crippen LogP contribution in [0.5, 0.6) is 11.5 Å². The fraction of sp³-hybridized carbons (Fsp3) is 0.306. The molecular formula is C36H38N2O5. The Kier molecular flexibility index (Phi) is 8.53. The Balaban J connectivity index is 1.56. The van der Waals surface area contributed by atoms with E-state index in [-0.39, 0.29) is 24.3 Å². The van der Waals surface area contributed by atoms with Gasteiger partial charge < -0.3 is 19.1 Å². The number of hydrogen-bond acceptors (Lipinski definition) is 6. The highest BCUT2D eigenvalue weighted by molar-refractivity contribution is 5.99. The Morgan fingerprint density at radius 3 is 2.35 bits per heavy atom. The third kappa shape index (κ3) is 6.26. The highest BCUT2D eigenvalue weighted by Gasteiger charge is 2.50. The van der Waals surface area contributed by atoms with Gasteiger partial charge in [-0.25, -0.2) is 4.79 Å². The lowest BCUT2D eigenvalue weighted by atomic mass is 9.77. The van der Waals surface area contributed by atoms with Crippen LogP contribution in [0.15, 0.2) is 91.3 Å². The second-order valence-electron chi connectivity index (χ2n) is 12.0. The molecule has 0 N–H and O–H groups in total. The zero-order valence-electron chi connectivity index (χ0n) is 25.4. The number of benzene rings is 3. The quantitative estimate of drug-likeness (QED) is 0.228. The Hall–Kier alpha value is -4.65. The minimum atomic E-state index is -1.28. The van der Waals surface area contributed by atoms with Crippen molar-refractivity contribution in [3.63, 3.8) is 0 Å². The van der Waals surface area contributed by atoms with Gasteiger partial charge in [-0.1, -0.05) is 69.3 Å². The Morgan fingerprint density at radius 2 is 1.67 bits per heavy atom. The van der Waals surface area contributed by atoms with Crippen molar-refractivity contribution in [2.24, 2.45) is 0 Å². The van der Waals surface area contributed by atoms with Crippen LogP contribution in [0.25, 0.3) is 0 Å². The molecule has 7 heteroatoms. The van der Waals surface area contributed by atoms with E-state index < -0.39 is 11.5 Å². The predicted octanol–water partition coefficient (Wildman–Crippen LogP) is 6.32. The number of carbonyl (C=O) groups excluding carboxylic acids is 2. The lowest BCUT2D eigenvalue weighted by Crippen LogP contribution is -2.62. The molecule has 1 amide bonds. The topological polar surface area (TPSA) is 78.0 Å². The largest absolute Gasteiger partial charge is 0.496 e. The number of ether oxygens (including phenoxy) is 3. The van der Waals surface area contributed by atoms with Crippen LogP contribution in [-0.2, 0) is 40.9 Å². The Labute approximate surface area is 253 Å². The van der Waals surface area contributed by atoms with Crippen LogP contribution in [0.1, 0.15) is 58.9 Å². The molecule has 1 unspecified atom stereocenters.